The van der Waals surface area contributed by atoms with Gasteiger partial charge in [-0.05, 0) is 19.4 Å². The lowest BCUT2D eigenvalue weighted by Gasteiger charge is -2.14. The van der Waals surface area contributed by atoms with E-state index in [-0.39, 0.29) is 5.82 Å². The van der Waals surface area contributed by atoms with Gasteiger partial charge in [0.15, 0.2) is 11.6 Å². The van der Waals surface area contributed by atoms with Crippen LogP contribution in [0.2, 0.25) is 0 Å². The molecule has 3 heteroatoms. The largest absolute Gasteiger partial charge is 0.494 e. The first-order valence-electron chi connectivity index (χ1n) is 6.73. The van der Waals surface area contributed by atoms with Crippen molar-refractivity contribution >= 4 is 0 Å². The Morgan fingerprint density at radius 3 is 2.78 bits per heavy atom. The maximum absolute atomic E-state index is 13.9. The Kier molecular flexibility index (Phi) is 6.73. The van der Waals surface area contributed by atoms with Crippen LogP contribution in [0.3, 0.4) is 0 Å². The third-order valence-corrected chi connectivity index (χ3v) is 3.14. The van der Waals surface area contributed by atoms with Gasteiger partial charge in [-0.25, -0.2) is 4.39 Å². The molecule has 0 aromatic heterocycles. The van der Waals surface area contributed by atoms with Crippen molar-refractivity contribution in [2.24, 2.45) is 0 Å². The second-order valence-corrected chi connectivity index (χ2v) is 4.71. The summed E-state index contributed by atoms with van der Waals surface area (Å²) in [6.45, 7) is 4.90. The number of nitrogens with one attached hydrogen (secondary N) is 1. The van der Waals surface area contributed by atoms with E-state index in [0.717, 1.165) is 6.42 Å². The van der Waals surface area contributed by atoms with Crippen molar-refractivity contribution in [3.8, 4) is 5.75 Å². The zero-order chi connectivity index (χ0) is 13.4. The number of methoxy groups -OCH3 is 1. The Labute approximate surface area is 110 Å². The molecule has 0 fully saturated rings. The van der Waals surface area contributed by atoms with Gasteiger partial charge in [-0.2, -0.15) is 0 Å². The van der Waals surface area contributed by atoms with Crippen molar-refractivity contribution in [1.29, 1.82) is 0 Å². The van der Waals surface area contributed by atoms with E-state index in [0.29, 0.717) is 23.9 Å². The van der Waals surface area contributed by atoms with Crippen LogP contribution in [0.5, 0.6) is 5.75 Å². The van der Waals surface area contributed by atoms with Crippen molar-refractivity contribution in [3.05, 3.63) is 29.6 Å². The SMILES string of the molecule is CCCCCC(C)NCc1cccc(OC)c1F. The molecule has 0 amide bonds. The lowest BCUT2D eigenvalue weighted by atomic mass is 10.1. The molecular weight excluding hydrogens is 229 g/mol. The van der Waals surface area contributed by atoms with Gasteiger partial charge in [0, 0.05) is 18.2 Å². The van der Waals surface area contributed by atoms with E-state index in [4.69, 9.17) is 4.74 Å². The fraction of sp³-hybridized carbons (Fsp3) is 0.600. The van der Waals surface area contributed by atoms with Gasteiger partial charge in [0.1, 0.15) is 0 Å². The molecule has 0 aliphatic rings. The molecule has 1 unspecified atom stereocenters. The summed E-state index contributed by atoms with van der Waals surface area (Å²) < 4.78 is 18.8. The molecule has 1 aromatic carbocycles. The zero-order valence-corrected chi connectivity index (χ0v) is 11.6. The average molecular weight is 253 g/mol. The average Bonchev–Trinajstić information content (AvgIpc) is 2.38. The second kappa shape index (κ2) is 8.09. The fourth-order valence-electron chi connectivity index (χ4n) is 1.94. The van der Waals surface area contributed by atoms with E-state index in [2.05, 4.69) is 19.2 Å². The smallest absolute Gasteiger partial charge is 0.169 e. The molecule has 1 atom stereocenters. The van der Waals surface area contributed by atoms with Gasteiger partial charge in [0.25, 0.3) is 0 Å². The first kappa shape index (κ1) is 15.0. The van der Waals surface area contributed by atoms with Crippen LogP contribution in [0.1, 0.15) is 45.1 Å². The molecule has 18 heavy (non-hydrogen) atoms. The van der Waals surface area contributed by atoms with Crippen molar-refractivity contribution in [1.82, 2.24) is 5.32 Å². The molecule has 0 saturated carbocycles. The van der Waals surface area contributed by atoms with Gasteiger partial charge >= 0.3 is 0 Å². The monoisotopic (exact) mass is 253 g/mol. The molecule has 0 heterocycles. The molecule has 102 valence electrons. The predicted molar refractivity (Wildman–Crippen MR) is 73.4 cm³/mol. The molecule has 2 nitrogen and oxygen atoms in total. The number of hydrogen-bond donors (Lipinski definition) is 1. The number of benzene rings is 1. The molecule has 1 N–H and O–H groups in total. The van der Waals surface area contributed by atoms with Crippen LogP contribution in [0.4, 0.5) is 4.39 Å². The Bertz CT molecular complexity index is 354. The molecule has 0 aliphatic heterocycles. The van der Waals surface area contributed by atoms with Crippen molar-refractivity contribution < 1.29 is 9.13 Å². The lowest BCUT2D eigenvalue weighted by molar-refractivity contribution is 0.382. The Balaban J connectivity index is 2.43. The molecule has 0 spiro atoms. The van der Waals surface area contributed by atoms with Gasteiger partial charge < -0.3 is 10.1 Å². The van der Waals surface area contributed by atoms with Gasteiger partial charge in [0.05, 0.1) is 7.11 Å². The first-order valence-corrected chi connectivity index (χ1v) is 6.73. The molecular formula is C15H24FNO. The fourth-order valence-corrected chi connectivity index (χ4v) is 1.94. The summed E-state index contributed by atoms with van der Waals surface area (Å²) in [7, 11) is 1.49. The van der Waals surface area contributed by atoms with E-state index in [1.165, 1.54) is 26.4 Å². The Morgan fingerprint density at radius 1 is 1.33 bits per heavy atom. The Morgan fingerprint density at radius 2 is 2.11 bits per heavy atom. The van der Waals surface area contributed by atoms with E-state index in [1.807, 2.05) is 6.07 Å². The van der Waals surface area contributed by atoms with Crippen LogP contribution in [0.25, 0.3) is 0 Å². The highest BCUT2D eigenvalue weighted by atomic mass is 19.1. The van der Waals surface area contributed by atoms with E-state index in [9.17, 15) is 4.39 Å². The molecule has 1 rings (SSSR count). The summed E-state index contributed by atoms with van der Waals surface area (Å²) >= 11 is 0. The summed E-state index contributed by atoms with van der Waals surface area (Å²) in [5, 5.41) is 3.35. The van der Waals surface area contributed by atoms with Gasteiger partial charge in [-0.1, -0.05) is 38.3 Å². The normalized spacial score (nSPS) is 12.4. The minimum atomic E-state index is -0.256. The zero-order valence-electron chi connectivity index (χ0n) is 11.6. The van der Waals surface area contributed by atoms with Crippen molar-refractivity contribution in [2.75, 3.05) is 7.11 Å². The number of unbranched alkanes of at least 4 members (excludes halogenated alkanes) is 2. The van der Waals surface area contributed by atoms with Crippen LogP contribution in [-0.2, 0) is 6.54 Å². The first-order chi connectivity index (χ1) is 8.69. The van der Waals surface area contributed by atoms with Crippen LogP contribution in [0, 0.1) is 5.82 Å². The highest BCUT2D eigenvalue weighted by Crippen LogP contribution is 2.19. The number of ether oxygens (including phenoxy) is 1. The summed E-state index contributed by atoms with van der Waals surface area (Å²) in [4.78, 5) is 0. The molecule has 0 saturated heterocycles. The van der Waals surface area contributed by atoms with Crippen molar-refractivity contribution in [2.45, 2.75) is 52.1 Å². The quantitative estimate of drug-likeness (QED) is 0.710. The van der Waals surface area contributed by atoms with E-state index in [1.54, 1.807) is 12.1 Å². The van der Waals surface area contributed by atoms with Gasteiger partial charge in [-0.15, -0.1) is 0 Å². The van der Waals surface area contributed by atoms with Crippen LogP contribution in [-0.4, -0.2) is 13.2 Å². The number of halogens is 1. The summed E-state index contributed by atoms with van der Waals surface area (Å²) in [5.41, 5.74) is 0.664. The molecule has 0 aliphatic carbocycles. The summed E-state index contributed by atoms with van der Waals surface area (Å²) in [6.07, 6.45) is 4.86. The summed E-state index contributed by atoms with van der Waals surface area (Å²) in [6, 6.07) is 5.68. The second-order valence-electron chi connectivity index (χ2n) is 4.71. The third-order valence-electron chi connectivity index (χ3n) is 3.14. The maximum Gasteiger partial charge on any atom is 0.169 e. The maximum atomic E-state index is 13.9. The standard InChI is InChI=1S/C15H24FNO/c1-4-5-6-8-12(2)17-11-13-9-7-10-14(18-3)15(13)16/h7,9-10,12,17H,4-6,8,11H2,1-3H3. The predicted octanol–water partition coefficient (Wildman–Crippen LogP) is 3.89. The molecule has 0 radical (unpaired) electrons. The lowest BCUT2D eigenvalue weighted by Crippen LogP contribution is -2.25. The Hall–Kier alpha value is -1.09. The third kappa shape index (κ3) is 4.65. The number of rotatable bonds is 8. The van der Waals surface area contributed by atoms with E-state index < -0.39 is 0 Å². The molecule has 0 bridgehead atoms. The van der Waals surface area contributed by atoms with Crippen LogP contribution >= 0.6 is 0 Å². The highest BCUT2D eigenvalue weighted by Gasteiger charge is 2.09. The summed E-state index contributed by atoms with van der Waals surface area (Å²) in [5.74, 6) is 0.0567. The van der Waals surface area contributed by atoms with Crippen molar-refractivity contribution in [3.63, 3.8) is 0 Å². The van der Waals surface area contributed by atoms with Crippen LogP contribution in [0.15, 0.2) is 18.2 Å². The van der Waals surface area contributed by atoms with Gasteiger partial charge in [0.2, 0.25) is 0 Å². The van der Waals surface area contributed by atoms with Gasteiger partial charge in [-0.3, -0.25) is 0 Å². The van der Waals surface area contributed by atoms with E-state index >= 15 is 0 Å². The van der Waals surface area contributed by atoms with Crippen LogP contribution < -0.4 is 10.1 Å². The highest BCUT2D eigenvalue weighted by molar-refractivity contribution is 5.30. The number of hydrogen-bond acceptors (Lipinski definition) is 2. The topological polar surface area (TPSA) is 21.3 Å². The molecule has 1 aromatic rings. The minimum Gasteiger partial charge on any atom is -0.494 e. The minimum absolute atomic E-state index is 0.256.